The molecular weight excluding hydrogens is 331 g/mol. The number of thiazole rings is 1. The van der Waals surface area contributed by atoms with Crippen LogP contribution in [-0.2, 0) is 0 Å². The van der Waals surface area contributed by atoms with Gasteiger partial charge in [-0.2, -0.15) is 0 Å². The molecular formula is C15H10ClKN2OS. The molecule has 0 fully saturated rings. The normalized spacial score (nSPS) is 11.4. The Bertz CT molecular complexity index is 799. The monoisotopic (exact) mass is 340 g/mol. The van der Waals surface area contributed by atoms with Crippen LogP contribution in [0.2, 0.25) is 5.02 Å². The predicted octanol–water partition coefficient (Wildman–Crippen LogP) is 1.17. The third-order valence-corrected chi connectivity index (χ3v) is 4.02. The second-order valence-corrected chi connectivity index (χ2v) is 5.78. The van der Waals surface area contributed by atoms with Gasteiger partial charge in [-0.05, 0) is 30.7 Å². The third kappa shape index (κ3) is 4.13. The number of aliphatic imine (C=N–C) groups is 1. The molecule has 0 bridgehead atoms. The van der Waals surface area contributed by atoms with Crippen molar-refractivity contribution < 1.29 is 56.5 Å². The maximum atomic E-state index is 11.1. The van der Waals surface area contributed by atoms with Crippen molar-refractivity contribution in [2.75, 3.05) is 0 Å². The van der Waals surface area contributed by atoms with E-state index in [4.69, 9.17) is 11.6 Å². The molecule has 1 heterocycles. The minimum Gasteiger partial charge on any atom is -0.872 e. The zero-order valence-electron chi connectivity index (χ0n) is 11.6. The molecule has 3 rings (SSSR count). The summed E-state index contributed by atoms with van der Waals surface area (Å²) in [5.41, 5.74) is 2.64. The van der Waals surface area contributed by atoms with Gasteiger partial charge in [0, 0.05) is 10.7 Å². The second-order valence-electron chi connectivity index (χ2n) is 4.33. The van der Waals surface area contributed by atoms with Crippen LogP contribution < -0.4 is 56.5 Å². The maximum Gasteiger partial charge on any atom is 1.00 e. The molecule has 0 radical (unpaired) electrons. The van der Waals surface area contributed by atoms with Gasteiger partial charge in [-0.3, -0.25) is 0 Å². The van der Waals surface area contributed by atoms with Gasteiger partial charge >= 0.3 is 51.4 Å². The van der Waals surface area contributed by atoms with Crippen LogP contribution in [0, 0.1) is 0 Å². The molecule has 0 aliphatic carbocycles. The summed E-state index contributed by atoms with van der Waals surface area (Å²) in [4.78, 5) is 8.95. The number of benzene rings is 2. The summed E-state index contributed by atoms with van der Waals surface area (Å²) in [6, 6.07) is 12.2. The Hall–Kier alpha value is -0.274. The first kappa shape index (κ1) is 17.1. The molecule has 100 valence electrons. The minimum absolute atomic E-state index is 0. The molecule has 6 heteroatoms. The van der Waals surface area contributed by atoms with Crippen molar-refractivity contribution in [3.05, 3.63) is 53.1 Å². The molecule has 0 atom stereocenters. The summed E-state index contributed by atoms with van der Waals surface area (Å²) in [6.07, 6.45) is 0. The number of aromatic nitrogens is 1. The number of hydrogen-bond acceptors (Lipinski definition) is 4. The third-order valence-electron chi connectivity index (χ3n) is 2.87. The van der Waals surface area contributed by atoms with Gasteiger partial charge in [0.15, 0.2) is 0 Å². The predicted molar refractivity (Wildman–Crippen MR) is 82.4 cm³/mol. The number of halogens is 1. The zero-order chi connectivity index (χ0) is 14.1. The Morgan fingerprint density at radius 3 is 2.62 bits per heavy atom. The van der Waals surface area contributed by atoms with Crippen LogP contribution in [0.5, 0.6) is 5.75 Å². The van der Waals surface area contributed by atoms with Crippen LogP contribution in [0.4, 0.5) is 5.13 Å². The average Bonchev–Trinajstić information content (AvgIpc) is 2.80. The Balaban J connectivity index is 0.00000161. The van der Waals surface area contributed by atoms with Gasteiger partial charge in [-0.1, -0.05) is 47.2 Å². The zero-order valence-corrected chi connectivity index (χ0v) is 16.3. The maximum absolute atomic E-state index is 11.1. The van der Waals surface area contributed by atoms with E-state index in [1.54, 1.807) is 12.1 Å². The molecule has 0 saturated heterocycles. The quantitative estimate of drug-likeness (QED) is 0.519. The first-order chi connectivity index (χ1) is 9.61. The number of nitrogens with zero attached hydrogens (tertiary/aromatic N) is 2. The Morgan fingerprint density at radius 1 is 1.19 bits per heavy atom. The van der Waals surface area contributed by atoms with Gasteiger partial charge in [0.25, 0.3) is 0 Å². The van der Waals surface area contributed by atoms with E-state index in [9.17, 15) is 5.11 Å². The van der Waals surface area contributed by atoms with E-state index in [1.165, 1.54) is 23.5 Å². The fourth-order valence-electron chi connectivity index (χ4n) is 1.84. The van der Waals surface area contributed by atoms with Crippen LogP contribution in [0.1, 0.15) is 12.5 Å². The van der Waals surface area contributed by atoms with Gasteiger partial charge in [0.1, 0.15) is 0 Å². The van der Waals surface area contributed by atoms with Gasteiger partial charge < -0.3 is 5.11 Å². The smallest absolute Gasteiger partial charge is 0.872 e. The summed E-state index contributed by atoms with van der Waals surface area (Å²) in [5, 5.41) is 12.5. The largest absolute Gasteiger partial charge is 1.00 e. The summed E-state index contributed by atoms with van der Waals surface area (Å²) in [7, 11) is 0. The van der Waals surface area contributed by atoms with Crippen LogP contribution in [0.3, 0.4) is 0 Å². The molecule has 3 aromatic rings. The van der Waals surface area contributed by atoms with Gasteiger partial charge in [0.05, 0.1) is 10.2 Å². The SMILES string of the molecule is C/C(=N\c1nc2ccc(Cl)cc2s1)c1ccc([O-])cc1.[K+]. The van der Waals surface area contributed by atoms with E-state index in [2.05, 4.69) is 9.98 Å². The molecule has 0 aliphatic heterocycles. The van der Waals surface area contributed by atoms with E-state index >= 15 is 0 Å². The summed E-state index contributed by atoms with van der Waals surface area (Å²) in [6.45, 7) is 1.90. The number of hydrogen-bond donors (Lipinski definition) is 0. The van der Waals surface area contributed by atoms with Gasteiger partial charge in [0.2, 0.25) is 5.13 Å². The van der Waals surface area contributed by atoms with Crippen molar-refractivity contribution in [1.29, 1.82) is 0 Å². The first-order valence-corrected chi connectivity index (χ1v) is 7.20. The average molecular weight is 341 g/mol. The topological polar surface area (TPSA) is 48.3 Å². The van der Waals surface area contributed by atoms with Crippen molar-refractivity contribution in [3.8, 4) is 5.75 Å². The van der Waals surface area contributed by atoms with Crippen LogP contribution in [-0.4, -0.2) is 10.7 Å². The number of rotatable bonds is 2. The standard InChI is InChI=1S/C15H11ClN2OS.K/c1-9(10-2-5-12(19)6-3-10)17-15-18-13-7-4-11(16)8-14(13)20-15;/h2-8,19H,1H3;/q;+1/p-1/b17-9+;. The van der Waals surface area contributed by atoms with Crippen molar-refractivity contribution in [2.24, 2.45) is 4.99 Å². The molecule has 0 amide bonds. The van der Waals surface area contributed by atoms with Crippen LogP contribution in [0.15, 0.2) is 47.5 Å². The Labute approximate surface area is 174 Å². The van der Waals surface area contributed by atoms with Crippen molar-refractivity contribution in [1.82, 2.24) is 4.98 Å². The van der Waals surface area contributed by atoms with Gasteiger partial charge in [-0.25, -0.2) is 9.98 Å². The molecule has 1 aromatic heterocycles. The van der Waals surface area contributed by atoms with Crippen LogP contribution >= 0.6 is 22.9 Å². The molecule has 0 spiro atoms. The van der Waals surface area contributed by atoms with E-state index < -0.39 is 0 Å². The Kier molecular flexibility index (Phi) is 5.96. The Morgan fingerprint density at radius 2 is 1.90 bits per heavy atom. The van der Waals surface area contributed by atoms with Crippen molar-refractivity contribution >= 4 is 44.0 Å². The number of fused-ring (bicyclic) bond motifs is 1. The molecule has 21 heavy (non-hydrogen) atoms. The van der Waals surface area contributed by atoms with Gasteiger partial charge in [-0.15, -0.1) is 5.75 Å². The molecule has 0 aliphatic rings. The van der Waals surface area contributed by atoms with E-state index in [0.717, 1.165) is 21.5 Å². The minimum atomic E-state index is -0.00354. The summed E-state index contributed by atoms with van der Waals surface area (Å²) in [5.74, 6) is -0.00354. The van der Waals surface area contributed by atoms with Crippen LogP contribution in [0.25, 0.3) is 10.2 Å². The van der Waals surface area contributed by atoms with Crippen molar-refractivity contribution in [2.45, 2.75) is 6.92 Å². The summed E-state index contributed by atoms with van der Waals surface area (Å²) >= 11 is 7.45. The molecule has 0 saturated carbocycles. The second kappa shape index (κ2) is 7.33. The fourth-order valence-corrected chi connectivity index (χ4v) is 3.00. The van der Waals surface area contributed by atoms with Crippen molar-refractivity contribution in [3.63, 3.8) is 0 Å². The molecule has 0 unspecified atom stereocenters. The van der Waals surface area contributed by atoms with E-state index in [0.29, 0.717) is 10.2 Å². The molecule has 2 aromatic carbocycles. The van der Waals surface area contributed by atoms with E-state index in [1.807, 2.05) is 25.1 Å². The first-order valence-electron chi connectivity index (χ1n) is 6.01. The fraction of sp³-hybridized carbons (Fsp3) is 0.0667. The van der Waals surface area contributed by atoms with E-state index in [-0.39, 0.29) is 57.1 Å². The molecule has 3 nitrogen and oxygen atoms in total. The summed E-state index contributed by atoms with van der Waals surface area (Å²) < 4.78 is 1.01. The molecule has 0 N–H and O–H groups in total.